The Morgan fingerprint density at radius 3 is 2.70 bits per heavy atom. The van der Waals surface area contributed by atoms with E-state index >= 15 is 0 Å². The fourth-order valence-electron chi connectivity index (χ4n) is 1.87. The number of halogens is 1. The number of methoxy groups -OCH3 is 1. The third kappa shape index (κ3) is 3.22. The van der Waals surface area contributed by atoms with Crippen LogP contribution >= 0.6 is 27.3 Å². The summed E-state index contributed by atoms with van der Waals surface area (Å²) in [6, 6.07) is 7.44. The van der Waals surface area contributed by atoms with E-state index in [4.69, 9.17) is 4.74 Å². The van der Waals surface area contributed by atoms with Gasteiger partial charge >= 0.3 is 0 Å². The zero-order valence-electron chi connectivity index (χ0n) is 11.6. The van der Waals surface area contributed by atoms with Gasteiger partial charge in [-0.1, -0.05) is 0 Å². The summed E-state index contributed by atoms with van der Waals surface area (Å²) >= 11 is 5.08. The van der Waals surface area contributed by atoms with Gasteiger partial charge in [-0.2, -0.15) is 0 Å². The van der Waals surface area contributed by atoms with Crippen molar-refractivity contribution in [3.63, 3.8) is 0 Å². The van der Waals surface area contributed by atoms with Crippen molar-refractivity contribution in [2.45, 2.75) is 13.5 Å². The van der Waals surface area contributed by atoms with Gasteiger partial charge in [0.15, 0.2) is 0 Å². The molecule has 0 radical (unpaired) electrons. The predicted molar refractivity (Wildman–Crippen MR) is 85.5 cm³/mol. The minimum atomic E-state index is 0.00107. The van der Waals surface area contributed by atoms with Crippen molar-refractivity contribution in [2.75, 3.05) is 14.2 Å². The first-order valence-corrected chi connectivity index (χ1v) is 7.82. The average molecular weight is 354 g/mol. The molecule has 5 heteroatoms. The summed E-state index contributed by atoms with van der Waals surface area (Å²) in [5, 5.41) is 2.05. The van der Waals surface area contributed by atoms with Crippen LogP contribution in [0.2, 0.25) is 0 Å². The van der Waals surface area contributed by atoms with Gasteiger partial charge in [0.25, 0.3) is 5.91 Å². The molecule has 0 N–H and O–H groups in total. The fraction of sp³-hybridized carbons (Fsp3) is 0.267. The summed E-state index contributed by atoms with van der Waals surface area (Å²) in [5.74, 6) is 0.722. The number of nitrogens with zero attached hydrogens (tertiary/aromatic N) is 1. The number of carbonyl (C=O) groups is 1. The second-order valence-electron chi connectivity index (χ2n) is 4.54. The molecule has 2 rings (SSSR count). The highest BCUT2D eigenvalue weighted by Crippen LogP contribution is 2.26. The quantitative estimate of drug-likeness (QED) is 0.827. The Balaban J connectivity index is 2.14. The first-order valence-electron chi connectivity index (χ1n) is 6.15. The largest absolute Gasteiger partial charge is 0.496 e. The van der Waals surface area contributed by atoms with Crippen LogP contribution in [0.3, 0.4) is 0 Å². The van der Waals surface area contributed by atoms with Gasteiger partial charge in [-0.25, -0.2) is 0 Å². The molecule has 0 saturated carbocycles. The second-order valence-corrected chi connectivity index (χ2v) is 6.39. The zero-order chi connectivity index (χ0) is 14.7. The summed E-state index contributed by atoms with van der Waals surface area (Å²) in [6.45, 7) is 2.69. The normalized spacial score (nSPS) is 10.4. The van der Waals surface area contributed by atoms with Crippen LogP contribution in [0.5, 0.6) is 5.75 Å². The van der Waals surface area contributed by atoms with E-state index in [9.17, 15) is 4.79 Å². The topological polar surface area (TPSA) is 29.5 Å². The minimum absolute atomic E-state index is 0.00107. The lowest BCUT2D eigenvalue weighted by Crippen LogP contribution is -2.26. The molecule has 0 spiro atoms. The van der Waals surface area contributed by atoms with Crippen LogP contribution in [0.15, 0.2) is 34.1 Å². The van der Waals surface area contributed by atoms with Gasteiger partial charge in [-0.3, -0.25) is 4.79 Å². The number of benzene rings is 1. The number of carbonyl (C=O) groups excluding carboxylic acids is 1. The third-order valence-corrected chi connectivity index (χ3v) is 4.72. The van der Waals surface area contributed by atoms with Gasteiger partial charge in [0.05, 0.1) is 18.1 Å². The van der Waals surface area contributed by atoms with Gasteiger partial charge in [0, 0.05) is 17.5 Å². The summed E-state index contributed by atoms with van der Waals surface area (Å²) in [5.41, 5.74) is 1.87. The number of amides is 1. The first-order chi connectivity index (χ1) is 9.52. The molecule has 2 aromatic rings. The lowest BCUT2D eigenvalue weighted by atomic mass is 10.2. The molecule has 1 aromatic heterocycles. The molecule has 0 unspecified atom stereocenters. The maximum absolute atomic E-state index is 12.4. The van der Waals surface area contributed by atoms with E-state index in [0.717, 1.165) is 10.2 Å². The van der Waals surface area contributed by atoms with Crippen LogP contribution in [0.1, 0.15) is 20.8 Å². The Labute approximate surface area is 131 Å². The third-order valence-electron chi connectivity index (χ3n) is 3.09. The molecule has 1 heterocycles. The number of hydrogen-bond acceptors (Lipinski definition) is 3. The smallest absolute Gasteiger partial charge is 0.253 e. The molecule has 0 fully saturated rings. The van der Waals surface area contributed by atoms with E-state index in [1.54, 1.807) is 41.5 Å². The van der Waals surface area contributed by atoms with Crippen molar-refractivity contribution < 1.29 is 9.53 Å². The van der Waals surface area contributed by atoms with Crippen molar-refractivity contribution in [3.8, 4) is 5.75 Å². The highest BCUT2D eigenvalue weighted by Gasteiger charge is 2.15. The van der Waals surface area contributed by atoms with Crippen molar-refractivity contribution in [1.29, 1.82) is 0 Å². The minimum Gasteiger partial charge on any atom is -0.496 e. The van der Waals surface area contributed by atoms with Gasteiger partial charge < -0.3 is 9.64 Å². The van der Waals surface area contributed by atoms with E-state index in [1.807, 2.05) is 12.4 Å². The number of hydrogen-bond donors (Lipinski definition) is 0. The molecule has 0 saturated heterocycles. The Kier molecular flexibility index (Phi) is 4.83. The Morgan fingerprint density at radius 2 is 2.15 bits per heavy atom. The van der Waals surface area contributed by atoms with Crippen molar-refractivity contribution in [2.24, 2.45) is 0 Å². The first kappa shape index (κ1) is 15.1. The molecule has 3 nitrogen and oxygen atoms in total. The summed E-state index contributed by atoms with van der Waals surface area (Å²) < 4.78 is 5.95. The highest BCUT2D eigenvalue weighted by molar-refractivity contribution is 9.10. The Morgan fingerprint density at radius 1 is 1.40 bits per heavy atom. The van der Waals surface area contributed by atoms with E-state index in [-0.39, 0.29) is 5.91 Å². The molecular formula is C15H16BrNO2S. The monoisotopic (exact) mass is 353 g/mol. The molecule has 0 aliphatic heterocycles. The average Bonchev–Trinajstić information content (AvgIpc) is 2.83. The Hall–Kier alpha value is -1.33. The highest BCUT2D eigenvalue weighted by atomic mass is 79.9. The van der Waals surface area contributed by atoms with Crippen LogP contribution in [0, 0.1) is 6.92 Å². The molecule has 0 aliphatic carbocycles. The second kappa shape index (κ2) is 6.41. The molecule has 0 atom stereocenters. The number of ether oxygens (including phenoxy) is 1. The molecule has 0 bridgehead atoms. The maximum Gasteiger partial charge on any atom is 0.253 e. The fourth-order valence-corrected chi connectivity index (χ4v) is 3.37. The lowest BCUT2D eigenvalue weighted by molar-refractivity contribution is 0.0786. The lowest BCUT2D eigenvalue weighted by Gasteiger charge is -2.17. The van der Waals surface area contributed by atoms with Crippen LogP contribution in [0.4, 0.5) is 0 Å². The van der Waals surface area contributed by atoms with E-state index in [0.29, 0.717) is 12.1 Å². The van der Waals surface area contributed by atoms with E-state index < -0.39 is 0 Å². The maximum atomic E-state index is 12.4. The van der Waals surface area contributed by atoms with Crippen molar-refractivity contribution >= 4 is 33.2 Å². The summed E-state index contributed by atoms with van der Waals surface area (Å²) in [6.07, 6.45) is 0. The van der Waals surface area contributed by atoms with Crippen molar-refractivity contribution in [3.05, 3.63) is 50.1 Å². The van der Waals surface area contributed by atoms with Gasteiger partial charge in [-0.15, -0.1) is 11.3 Å². The molecule has 20 heavy (non-hydrogen) atoms. The number of rotatable bonds is 4. The molecular weight excluding hydrogens is 338 g/mol. The number of thiophene rings is 1. The van der Waals surface area contributed by atoms with Crippen molar-refractivity contribution in [1.82, 2.24) is 4.90 Å². The van der Waals surface area contributed by atoms with Crippen LogP contribution in [0.25, 0.3) is 0 Å². The van der Waals surface area contributed by atoms with Crippen LogP contribution in [-0.4, -0.2) is 25.0 Å². The summed E-state index contributed by atoms with van der Waals surface area (Å²) in [7, 11) is 3.42. The van der Waals surface area contributed by atoms with Crippen LogP contribution < -0.4 is 4.74 Å². The standard InChI is InChI=1S/C15H16BrNO2S/c1-10-6-7-20-14(10)9-17(2)15(18)11-4-5-13(19-3)12(16)8-11/h4-8H,9H2,1-3H3. The molecule has 1 aromatic carbocycles. The zero-order valence-corrected chi connectivity index (χ0v) is 14.0. The van der Waals surface area contributed by atoms with Crippen LogP contribution in [-0.2, 0) is 6.54 Å². The van der Waals surface area contributed by atoms with Gasteiger partial charge in [0.2, 0.25) is 0 Å². The van der Waals surface area contributed by atoms with E-state index in [1.165, 1.54) is 10.4 Å². The predicted octanol–water partition coefficient (Wildman–Crippen LogP) is 4.10. The molecule has 0 aliphatic rings. The SMILES string of the molecule is COc1ccc(C(=O)N(C)Cc2sccc2C)cc1Br. The molecule has 106 valence electrons. The van der Waals surface area contributed by atoms with Gasteiger partial charge in [0.1, 0.15) is 5.75 Å². The van der Waals surface area contributed by atoms with E-state index in [2.05, 4.69) is 28.9 Å². The van der Waals surface area contributed by atoms with Gasteiger partial charge in [-0.05, 0) is 58.1 Å². The molecule has 1 amide bonds. The summed E-state index contributed by atoms with van der Waals surface area (Å²) in [4.78, 5) is 15.3. The Bertz CT molecular complexity index is 624. The number of aryl methyl sites for hydroxylation is 1.